The van der Waals surface area contributed by atoms with Crippen molar-refractivity contribution in [3.05, 3.63) is 29.8 Å². The Kier molecular flexibility index (Phi) is 5.47. The number of rotatable bonds is 6. The summed E-state index contributed by atoms with van der Waals surface area (Å²) in [4.78, 5) is 0. The van der Waals surface area contributed by atoms with E-state index in [1.807, 2.05) is 6.26 Å². The number of ether oxygens (including phenoxy) is 1. The molecule has 0 amide bonds. The Morgan fingerprint density at radius 2 is 2.07 bits per heavy atom. The van der Waals surface area contributed by atoms with Gasteiger partial charge in [-0.15, -0.1) is 0 Å². The molecule has 4 heteroatoms. The van der Waals surface area contributed by atoms with Crippen molar-refractivity contribution >= 4 is 11.8 Å². The van der Waals surface area contributed by atoms with Gasteiger partial charge in [0.05, 0.1) is 6.61 Å². The van der Waals surface area contributed by atoms with Crippen molar-refractivity contribution in [3.63, 3.8) is 0 Å². The van der Waals surface area contributed by atoms with Crippen molar-refractivity contribution in [2.75, 3.05) is 18.6 Å². The minimum atomic E-state index is -0.639. The summed E-state index contributed by atoms with van der Waals surface area (Å²) in [6.45, 7) is 0.475. The zero-order chi connectivity index (χ0) is 11.1. The number of hydrogen-bond acceptors (Lipinski definition) is 2. The first-order chi connectivity index (χ1) is 7.24. The predicted molar refractivity (Wildman–Crippen MR) is 59.5 cm³/mol. The summed E-state index contributed by atoms with van der Waals surface area (Å²) in [5, 5.41) is 0. The zero-order valence-electron chi connectivity index (χ0n) is 8.63. The molecule has 1 rings (SSSR count). The van der Waals surface area contributed by atoms with E-state index in [0.29, 0.717) is 6.61 Å². The first kappa shape index (κ1) is 12.3. The van der Waals surface area contributed by atoms with Gasteiger partial charge in [0.1, 0.15) is 5.82 Å². The maximum atomic E-state index is 13.1. The van der Waals surface area contributed by atoms with E-state index in [0.717, 1.165) is 24.7 Å². The lowest BCUT2D eigenvalue weighted by Crippen LogP contribution is -2.00. The van der Waals surface area contributed by atoms with Crippen molar-refractivity contribution < 1.29 is 13.5 Å². The molecule has 0 fully saturated rings. The van der Waals surface area contributed by atoms with Gasteiger partial charge in [0.15, 0.2) is 11.6 Å². The fourth-order valence-electron chi connectivity index (χ4n) is 1.12. The van der Waals surface area contributed by atoms with Crippen molar-refractivity contribution in [2.45, 2.75) is 12.8 Å². The van der Waals surface area contributed by atoms with E-state index in [4.69, 9.17) is 4.74 Å². The summed E-state index contributed by atoms with van der Waals surface area (Å²) < 4.78 is 30.8. The lowest BCUT2D eigenvalue weighted by molar-refractivity contribution is 0.293. The Morgan fingerprint density at radius 1 is 1.27 bits per heavy atom. The standard InChI is InChI=1S/C11H14F2OS/c1-15-7-3-2-6-14-11-5-4-9(12)8-10(11)13/h4-5,8H,2-3,6-7H2,1H3. The molecule has 0 aliphatic heterocycles. The summed E-state index contributed by atoms with van der Waals surface area (Å²) in [5.41, 5.74) is 0. The van der Waals surface area contributed by atoms with Crippen LogP contribution in [0.1, 0.15) is 12.8 Å². The van der Waals surface area contributed by atoms with E-state index < -0.39 is 11.6 Å². The predicted octanol–water partition coefficient (Wildman–Crippen LogP) is 3.49. The summed E-state index contributed by atoms with van der Waals surface area (Å²) in [5.74, 6) is -0.0161. The number of halogens is 2. The van der Waals surface area contributed by atoms with Gasteiger partial charge in [-0.25, -0.2) is 8.78 Å². The van der Waals surface area contributed by atoms with Crippen LogP contribution in [0.4, 0.5) is 8.78 Å². The third-order valence-electron chi connectivity index (χ3n) is 1.89. The van der Waals surface area contributed by atoms with E-state index in [2.05, 4.69) is 0 Å². The molecule has 1 nitrogen and oxygen atoms in total. The SMILES string of the molecule is CSCCCCOc1ccc(F)cc1F. The molecule has 1 aromatic rings. The van der Waals surface area contributed by atoms with Crippen LogP contribution in [0.15, 0.2) is 18.2 Å². The van der Waals surface area contributed by atoms with Crippen LogP contribution in [-0.4, -0.2) is 18.6 Å². The number of benzene rings is 1. The van der Waals surface area contributed by atoms with Crippen LogP contribution in [0.2, 0.25) is 0 Å². The summed E-state index contributed by atoms with van der Waals surface area (Å²) in [6, 6.07) is 3.34. The highest BCUT2D eigenvalue weighted by Crippen LogP contribution is 2.17. The zero-order valence-corrected chi connectivity index (χ0v) is 9.45. The molecule has 0 saturated carbocycles. The van der Waals surface area contributed by atoms with Crippen molar-refractivity contribution in [1.29, 1.82) is 0 Å². The highest BCUT2D eigenvalue weighted by Gasteiger charge is 2.03. The lowest BCUT2D eigenvalue weighted by atomic mass is 10.3. The maximum Gasteiger partial charge on any atom is 0.167 e. The number of unbranched alkanes of at least 4 members (excludes halogenated alkanes) is 1. The van der Waals surface area contributed by atoms with Crippen LogP contribution in [-0.2, 0) is 0 Å². The normalized spacial score (nSPS) is 10.3. The van der Waals surface area contributed by atoms with Gasteiger partial charge in [-0.1, -0.05) is 0 Å². The monoisotopic (exact) mass is 232 g/mol. The van der Waals surface area contributed by atoms with Gasteiger partial charge in [-0.2, -0.15) is 11.8 Å². The Bertz CT molecular complexity index is 305. The van der Waals surface area contributed by atoms with Gasteiger partial charge in [0.25, 0.3) is 0 Å². The van der Waals surface area contributed by atoms with Crippen LogP contribution in [0.5, 0.6) is 5.75 Å². The molecule has 0 radical (unpaired) electrons. The van der Waals surface area contributed by atoms with Gasteiger partial charge in [0, 0.05) is 6.07 Å². The third kappa shape index (κ3) is 4.51. The van der Waals surface area contributed by atoms with Gasteiger partial charge in [-0.3, -0.25) is 0 Å². The quantitative estimate of drug-likeness (QED) is 0.694. The molecule has 1 aromatic carbocycles. The van der Waals surface area contributed by atoms with Gasteiger partial charge in [0.2, 0.25) is 0 Å². The molecule has 0 saturated heterocycles. The third-order valence-corrected chi connectivity index (χ3v) is 2.59. The van der Waals surface area contributed by atoms with Crippen LogP contribution in [0.25, 0.3) is 0 Å². The lowest BCUT2D eigenvalue weighted by Gasteiger charge is -2.06. The first-order valence-electron chi connectivity index (χ1n) is 4.81. The topological polar surface area (TPSA) is 9.23 Å². The van der Waals surface area contributed by atoms with E-state index in [9.17, 15) is 8.78 Å². The van der Waals surface area contributed by atoms with Gasteiger partial charge in [-0.05, 0) is 37.0 Å². The van der Waals surface area contributed by atoms with Gasteiger partial charge >= 0.3 is 0 Å². The minimum absolute atomic E-state index is 0.126. The Balaban J connectivity index is 2.31. The second-order valence-electron chi connectivity index (χ2n) is 3.12. The summed E-state index contributed by atoms with van der Waals surface area (Å²) >= 11 is 1.77. The van der Waals surface area contributed by atoms with E-state index in [-0.39, 0.29) is 5.75 Å². The summed E-state index contributed by atoms with van der Waals surface area (Å²) in [6.07, 6.45) is 3.97. The second kappa shape index (κ2) is 6.67. The average Bonchev–Trinajstić information content (AvgIpc) is 2.20. The first-order valence-corrected chi connectivity index (χ1v) is 6.20. The molecule has 84 valence electrons. The van der Waals surface area contributed by atoms with Crippen LogP contribution in [0.3, 0.4) is 0 Å². The highest BCUT2D eigenvalue weighted by atomic mass is 32.2. The van der Waals surface area contributed by atoms with Crippen molar-refractivity contribution in [3.8, 4) is 5.75 Å². The van der Waals surface area contributed by atoms with Crippen LogP contribution >= 0.6 is 11.8 Å². The molecular weight excluding hydrogens is 218 g/mol. The molecule has 0 aliphatic rings. The molecule has 0 spiro atoms. The fraction of sp³-hybridized carbons (Fsp3) is 0.455. The Hall–Kier alpha value is -0.770. The molecule has 0 heterocycles. The summed E-state index contributed by atoms with van der Waals surface area (Å²) in [7, 11) is 0. The molecular formula is C11H14F2OS. The van der Waals surface area contributed by atoms with Gasteiger partial charge < -0.3 is 4.74 Å². The molecule has 0 atom stereocenters. The minimum Gasteiger partial charge on any atom is -0.491 e. The molecule has 0 unspecified atom stereocenters. The van der Waals surface area contributed by atoms with Crippen LogP contribution < -0.4 is 4.74 Å². The van der Waals surface area contributed by atoms with E-state index in [1.165, 1.54) is 12.1 Å². The van der Waals surface area contributed by atoms with E-state index in [1.54, 1.807) is 11.8 Å². The largest absolute Gasteiger partial charge is 0.491 e. The Morgan fingerprint density at radius 3 is 2.73 bits per heavy atom. The molecule has 0 bridgehead atoms. The molecule has 15 heavy (non-hydrogen) atoms. The van der Waals surface area contributed by atoms with Crippen molar-refractivity contribution in [2.24, 2.45) is 0 Å². The molecule has 0 aliphatic carbocycles. The molecule has 0 aromatic heterocycles. The smallest absolute Gasteiger partial charge is 0.167 e. The second-order valence-corrected chi connectivity index (χ2v) is 4.11. The van der Waals surface area contributed by atoms with Crippen LogP contribution in [0, 0.1) is 11.6 Å². The number of thioether (sulfide) groups is 1. The highest BCUT2D eigenvalue weighted by molar-refractivity contribution is 7.98. The average molecular weight is 232 g/mol. The maximum absolute atomic E-state index is 13.1. The number of hydrogen-bond donors (Lipinski definition) is 0. The molecule has 0 N–H and O–H groups in total. The fourth-order valence-corrected chi connectivity index (χ4v) is 1.62. The van der Waals surface area contributed by atoms with Crippen molar-refractivity contribution in [1.82, 2.24) is 0 Å². The Labute approximate surface area is 92.8 Å². The van der Waals surface area contributed by atoms with E-state index >= 15 is 0 Å².